The van der Waals surface area contributed by atoms with E-state index in [-0.39, 0.29) is 18.3 Å². The minimum atomic E-state index is -0.977. The smallest absolute Gasteiger partial charge is 0.258 e. The van der Waals surface area contributed by atoms with Gasteiger partial charge in [0.2, 0.25) is 5.95 Å². The number of ether oxygens (including phenoxy) is 1. The Hall–Kier alpha value is -3.20. The fourth-order valence-electron chi connectivity index (χ4n) is 2.83. The number of nitrogens with zero attached hydrogens (tertiary/aromatic N) is 4. The third-order valence-electron chi connectivity index (χ3n) is 4.26. The highest BCUT2D eigenvalue weighted by atomic mass is 19.1. The lowest BCUT2D eigenvalue weighted by Crippen LogP contribution is -2.29. The summed E-state index contributed by atoms with van der Waals surface area (Å²) in [7, 11) is 4.79. The van der Waals surface area contributed by atoms with Crippen LogP contribution in [-0.4, -0.2) is 63.6 Å². The number of fused-ring (bicyclic) bond motifs is 1. The zero-order chi connectivity index (χ0) is 21.3. The van der Waals surface area contributed by atoms with Crippen LogP contribution in [0.2, 0.25) is 0 Å². The number of aliphatic hydroxyl groups is 1. The number of imidazole rings is 1. The van der Waals surface area contributed by atoms with Crippen LogP contribution in [0.3, 0.4) is 0 Å². The molecule has 9 heteroatoms. The average molecular weight is 401 g/mol. The first kappa shape index (κ1) is 20.5. The summed E-state index contributed by atoms with van der Waals surface area (Å²) >= 11 is 0. The summed E-state index contributed by atoms with van der Waals surface area (Å²) in [5, 5.41) is 12.8. The highest BCUT2D eigenvalue weighted by molar-refractivity contribution is 5.97. The molecule has 3 aromatic rings. The van der Waals surface area contributed by atoms with Gasteiger partial charge in [0.25, 0.3) is 5.91 Å². The van der Waals surface area contributed by atoms with E-state index in [0.29, 0.717) is 28.2 Å². The van der Waals surface area contributed by atoms with Gasteiger partial charge in [-0.05, 0) is 19.9 Å². The van der Waals surface area contributed by atoms with Gasteiger partial charge in [0.1, 0.15) is 17.2 Å². The minimum Gasteiger partial charge on any atom is -0.496 e. The third-order valence-corrected chi connectivity index (χ3v) is 4.26. The van der Waals surface area contributed by atoms with E-state index in [9.17, 15) is 14.3 Å². The molecule has 0 unspecified atom stereocenters. The maximum absolute atomic E-state index is 14.1. The number of methoxy groups -OCH3 is 1. The average Bonchev–Trinajstić information content (AvgIpc) is 3.06. The van der Waals surface area contributed by atoms with E-state index in [4.69, 9.17) is 4.74 Å². The number of pyridine rings is 2. The zero-order valence-electron chi connectivity index (χ0n) is 17.0. The molecule has 0 fully saturated rings. The van der Waals surface area contributed by atoms with Gasteiger partial charge in [-0.15, -0.1) is 0 Å². The van der Waals surface area contributed by atoms with Crippen LogP contribution in [0.4, 0.5) is 10.2 Å². The van der Waals surface area contributed by atoms with Gasteiger partial charge < -0.3 is 20.1 Å². The summed E-state index contributed by atoms with van der Waals surface area (Å²) in [6, 6.07) is 4.61. The predicted molar refractivity (Wildman–Crippen MR) is 108 cm³/mol. The van der Waals surface area contributed by atoms with Gasteiger partial charge in [0.05, 0.1) is 30.2 Å². The van der Waals surface area contributed by atoms with Crippen LogP contribution in [0.25, 0.3) is 16.9 Å². The van der Waals surface area contributed by atoms with Crippen molar-refractivity contribution in [1.29, 1.82) is 0 Å². The van der Waals surface area contributed by atoms with Crippen molar-refractivity contribution < 1.29 is 19.0 Å². The van der Waals surface area contributed by atoms with Crippen molar-refractivity contribution in [3.63, 3.8) is 0 Å². The maximum Gasteiger partial charge on any atom is 0.258 e. The first-order valence-electron chi connectivity index (χ1n) is 9.00. The van der Waals surface area contributed by atoms with Gasteiger partial charge in [-0.25, -0.2) is 9.97 Å². The SMILES string of the molecule is COc1cc2ncc(-c3cc(F)nc(NCC(C)(C)O)c3)n2cc1C(=O)N(C)C. The van der Waals surface area contributed by atoms with Gasteiger partial charge in [0, 0.05) is 44.5 Å². The molecule has 2 N–H and O–H groups in total. The number of hydrogen-bond donors (Lipinski definition) is 2. The molecule has 29 heavy (non-hydrogen) atoms. The van der Waals surface area contributed by atoms with Crippen molar-refractivity contribution in [2.75, 3.05) is 33.1 Å². The molecule has 0 aliphatic carbocycles. The van der Waals surface area contributed by atoms with Crippen LogP contribution >= 0.6 is 0 Å². The second kappa shape index (κ2) is 7.67. The van der Waals surface area contributed by atoms with Gasteiger partial charge in [0.15, 0.2) is 0 Å². The number of amides is 1. The quantitative estimate of drug-likeness (QED) is 0.617. The first-order valence-corrected chi connectivity index (χ1v) is 9.00. The van der Waals surface area contributed by atoms with Crippen molar-refractivity contribution in [1.82, 2.24) is 19.3 Å². The number of hydrogen-bond acceptors (Lipinski definition) is 6. The summed E-state index contributed by atoms with van der Waals surface area (Å²) in [6.45, 7) is 3.48. The Kier molecular flexibility index (Phi) is 5.43. The Morgan fingerprint density at radius 1 is 1.34 bits per heavy atom. The van der Waals surface area contributed by atoms with E-state index in [2.05, 4.69) is 15.3 Å². The molecule has 0 saturated carbocycles. The fourth-order valence-corrected chi connectivity index (χ4v) is 2.83. The minimum absolute atomic E-state index is 0.203. The second-order valence-corrected chi connectivity index (χ2v) is 7.56. The summed E-state index contributed by atoms with van der Waals surface area (Å²) < 4.78 is 21.2. The zero-order valence-corrected chi connectivity index (χ0v) is 17.0. The molecular formula is C20H24FN5O3. The van der Waals surface area contributed by atoms with Crippen LogP contribution in [0.5, 0.6) is 5.75 Å². The Balaban J connectivity index is 2.09. The van der Waals surface area contributed by atoms with Crippen LogP contribution in [-0.2, 0) is 0 Å². The number of carbonyl (C=O) groups is 1. The Bertz CT molecular complexity index is 1060. The highest BCUT2D eigenvalue weighted by Crippen LogP contribution is 2.28. The molecule has 0 aliphatic rings. The molecule has 0 atom stereocenters. The second-order valence-electron chi connectivity index (χ2n) is 7.56. The van der Waals surface area contributed by atoms with Crippen LogP contribution < -0.4 is 10.1 Å². The standard InChI is InChI=1S/C20H24FN5O3/c1-20(2,28)11-23-17-7-12(6-16(21)24-17)14-9-22-18-8-15(29-5)13(10-26(14)18)19(27)25(3)4/h6-10,28H,11H2,1-5H3,(H,23,24). The van der Waals surface area contributed by atoms with Gasteiger partial charge in [-0.3, -0.25) is 9.20 Å². The lowest BCUT2D eigenvalue weighted by molar-refractivity contribution is 0.0823. The van der Waals surface area contributed by atoms with Crippen molar-refractivity contribution >= 4 is 17.4 Å². The molecule has 154 valence electrons. The van der Waals surface area contributed by atoms with E-state index >= 15 is 0 Å². The number of halogens is 1. The Labute approximate surface area is 168 Å². The van der Waals surface area contributed by atoms with Crippen molar-refractivity contribution in [2.24, 2.45) is 0 Å². The van der Waals surface area contributed by atoms with Gasteiger partial charge >= 0.3 is 0 Å². The Morgan fingerprint density at radius 3 is 2.69 bits per heavy atom. The van der Waals surface area contributed by atoms with Crippen LogP contribution in [0.1, 0.15) is 24.2 Å². The normalized spacial score (nSPS) is 11.6. The van der Waals surface area contributed by atoms with Crippen LogP contribution in [0.15, 0.2) is 30.6 Å². The predicted octanol–water partition coefficient (Wildman–Crippen LogP) is 2.43. The van der Waals surface area contributed by atoms with Crippen LogP contribution in [0, 0.1) is 5.95 Å². The molecule has 0 saturated heterocycles. The van der Waals surface area contributed by atoms with Crippen molar-refractivity contribution in [3.8, 4) is 17.0 Å². The first-order chi connectivity index (χ1) is 13.6. The lowest BCUT2D eigenvalue weighted by atomic mass is 10.1. The molecule has 0 aromatic carbocycles. The summed E-state index contributed by atoms with van der Waals surface area (Å²) in [5.74, 6) is -0.206. The summed E-state index contributed by atoms with van der Waals surface area (Å²) in [5.41, 5.74) is 1.05. The molecule has 3 rings (SSSR count). The number of carbonyl (C=O) groups excluding carboxylic acids is 1. The van der Waals surface area contributed by atoms with E-state index in [1.54, 1.807) is 56.9 Å². The monoisotopic (exact) mass is 401 g/mol. The molecule has 3 aromatic heterocycles. The van der Waals surface area contributed by atoms with E-state index in [0.717, 1.165) is 0 Å². The van der Waals surface area contributed by atoms with Gasteiger partial charge in [-0.1, -0.05) is 0 Å². The lowest BCUT2D eigenvalue weighted by Gasteiger charge is -2.18. The molecule has 8 nitrogen and oxygen atoms in total. The number of aromatic nitrogens is 3. The fraction of sp³-hybridized carbons (Fsp3) is 0.350. The number of anilines is 1. The van der Waals surface area contributed by atoms with Crippen molar-refractivity contribution in [2.45, 2.75) is 19.4 Å². The largest absolute Gasteiger partial charge is 0.496 e. The van der Waals surface area contributed by atoms with Gasteiger partial charge in [-0.2, -0.15) is 4.39 Å². The topological polar surface area (TPSA) is 92.0 Å². The molecule has 1 amide bonds. The molecule has 3 heterocycles. The molecular weight excluding hydrogens is 377 g/mol. The van der Waals surface area contributed by atoms with E-state index in [1.165, 1.54) is 18.1 Å². The molecule has 0 bridgehead atoms. The number of rotatable bonds is 6. The Morgan fingerprint density at radius 2 is 2.07 bits per heavy atom. The molecule has 0 radical (unpaired) electrons. The third kappa shape index (κ3) is 4.45. The highest BCUT2D eigenvalue weighted by Gasteiger charge is 2.19. The molecule has 0 spiro atoms. The van der Waals surface area contributed by atoms with Crippen molar-refractivity contribution in [3.05, 3.63) is 42.1 Å². The summed E-state index contributed by atoms with van der Waals surface area (Å²) in [6.07, 6.45) is 3.22. The van der Waals surface area contributed by atoms with E-state index < -0.39 is 11.5 Å². The number of nitrogens with one attached hydrogen (secondary N) is 1. The van der Waals surface area contributed by atoms with E-state index in [1.807, 2.05) is 0 Å². The summed E-state index contributed by atoms with van der Waals surface area (Å²) in [4.78, 5) is 22.2. The molecule has 0 aliphatic heterocycles. The maximum atomic E-state index is 14.1.